The first-order valence-electron chi connectivity index (χ1n) is 6.91. The summed E-state index contributed by atoms with van der Waals surface area (Å²) in [6, 6.07) is 7.72. The molecule has 0 aliphatic rings. The summed E-state index contributed by atoms with van der Waals surface area (Å²) in [5, 5.41) is 10.1. The number of benzene rings is 1. The first-order valence-corrected chi connectivity index (χ1v) is 7.28. The van der Waals surface area contributed by atoms with Gasteiger partial charge in [0.2, 0.25) is 0 Å². The monoisotopic (exact) mass is 304 g/mol. The van der Waals surface area contributed by atoms with E-state index in [-0.39, 0.29) is 0 Å². The van der Waals surface area contributed by atoms with E-state index >= 15 is 0 Å². The van der Waals surface area contributed by atoms with Gasteiger partial charge in [-0.3, -0.25) is 0 Å². The minimum atomic E-state index is -1.00. The molecule has 0 amide bonds. The van der Waals surface area contributed by atoms with Crippen LogP contribution in [0.1, 0.15) is 31.1 Å². The third kappa shape index (κ3) is 3.76. The number of unbranched alkanes of at least 4 members (excludes halogenated alkanes) is 1. The Hall–Kier alpha value is -2.00. The first kappa shape index (κ1) is 15.4. The Balaban J connectivity index is 2.46. The van der Waals surface area contributed by atoms with Crippen LogP contribution in [-0.2, 0) is 11.2 Å². The van der Waals surface area contributed by atoms with Gasteiger partial charge in [0.15, 0.2) is 0 Å². The van der Waals surface area contributed by atoms with Gasteiger partial charge in [-0.1, -0.05) is 49.2 Å². The lowest BCUT2D eigenvalue weighted by Gasteiger charge is -2.00. The molecule has 3 nitrogen and oxygen atoms in total. The molecule has 0 fully saturated rings. The Labute approximate surface area is 128 Å². The highest BCUT2D eigenvalue weighted by atomic mass is 35.5. The van der Waals surface area contributed by atoms with Crippen LogP contribution in [0.2, 0.25) is 0 Å². The molecule has 21 heavy (non-hydrogen) atoms. The normalized spacial score (nSPS) is 12.4. The maximum atomic E-state index is 10.5. The van der Waals surface area contributed by atoms with Gasteiger partial charge in [-0.15, -0.1) is 0 Å². The maximum Gasteiger partial charge on any atom is 0.328 e. The summed E-state index contributed by atoms with van der Waals surface area (Å²) in [6.07, 6.45) is 6.96. The SMILES string of the molecule is CCCCc1oc2ccccc2c1C(Cl)=CC=CC(=O)O. The standard InChI is InChI=1S/C17H17ClO3/c1-2-3-9-15-17(13(18)8-6-11-16(19)20)12-7-4-5-10-14(12)21-15/h4-8,10-11H,2-3,9H2,1H3,(H,19,20). The lowest BCUT2D eigenvalue weighted by molar-refractivity contribution is -0.131. The fraction of sp³-hybridized carbons (Fsp3) is 0.235. The number of carboxylic acids is 1. The van der Waals surface area contributed by atoms with Gasteiger partial charge in [-0.2, -0.15) is 0 Å². The predicted octanol–water partition coefficient (Wildman–Crippen LogP) is 5.00. The van der Waals surface area contributed by atoms with E-state index in [4.69, 9.17) is 21.1 Å². The second-order valence-electron chi connectivity index (χ2n) is 4.71. The highest BCUT2D eigenvalue weighted by Gasteiger charge is 2.15. The molecule has 2 rings (SSSR count). The van der Waals surface area contributed by atoms with Crippen molar-refractivity contribution in [1.82, 2.24) is 0 Å². The number of hydrogen-bond donors (Lipinski definition) is 1. The molecular formula is C17H17ClO3. The van der Waals surface area contributed by atoms with Crippen molar-refractivity contribution >= 4 is 33.6 Å². The van der Waals surface area contributed by atoms with Crippen LogP contribution in [-0.4, -0.2) is 11.1 Å². The molecule has 1 aromatic carbocycles. The molecule has 0 spiro atoms. The Morgan fingerprint density at radius 1 is 1.38 bits per heavy atom. The largest absolute Gasteiger partial charge is 0.478 e. The van der Waals surface area contributed by atoms with Gasteiger partial charge in [0.1, 0.15) is 11.3 Å². The number of carbonyl (C=O) groups is 1. The Morgan fingerprint density at radius 3 is 2.86 bits per heavy atom. The molecule has 1 N–H and O–H groups in total. The zero-order valence-electron chi connectivity index (χ0n) is 11.8. The van der Waals surface area contributed by atoms with Crippen molar-refractivity contribution < 1.29 is 14.3 Å². The molecule has 0 bridgehead atoms. The Bertz CT molecular complexity index is 695. The molecule has 110 valence electrons. The molecule has 0 saturated carbocycles. The van der Waals surface area contributed by atoms with Crippen LogP contribution in [0.5, 0.6) is 0 Å². The summed E-state index contributed by atoms with van der Waals surface area (Å²) in [6.45, 7) is 2.12. The molecule has 0 radical (unpaired) electrons. The smallest absolute Gasteiger partial charge is 0.328 e. The average molecular weight is 305 g/mol. The van der Waals surface area contributed by atoms with E-state index in [1.807, 2.05) is 24.3 Å². The van der Waals surface area contributed by atoms with E-state index in [9.17, 15) is 4.79 Å². The van der Waals surface area contributed by atoms with E-state index in [0.717, 1.165) is 47.6 Å². The van der Waals surface area contributed by atoms with E-state index in [1.54, 1.807) is 6.08 Å². The fourth-order valence-corrected chi connectivity index (χ4v) is 2.45. The van der Waals surface area contributed by atoms with Gasteiger partial charge in [-0.25, -0.2) is 4.79 Å². The van der Waals surface area contributed by atoms with Crippen LogP contribution in [0.25, 0.3) is 16.0 Å². The average Bonchev–Trinajstić information content (AvgIpc) is 2.82. The molecule has 0 aliphatic heterocycles. The molecule has 0 aliphatic carbocycles. The number of para-hydroxylation sites is 1. The predicted molar refractivity (Wildman–Crippen MR) is 85.4 cm³/mol. The van der Waals surface area contributed by atoms with Gasteiger partial charge >= 0.3 is 5.97 Å². The highest BCUT2D eigenvalue weighted by Crippen LogP contribution is 2.34. The third-order valence-electron chi connectivity index (χ3n) is 3.15. The number of hydrogen-bond acceptors (Lipinski definition) is 2. The van der Waals surface area contributed by atoms with Crippen LogP contribution in [0, 0.1) is 0 Å². The van der Waals surface area contributed by atoms with Crippen molar-refractivity contribution in [3.63, 3.8) is 0 Å². The lowest BCUT2D eigenvalue weighted by atomic mass is 10.1. The van der Waals surface area contributed by atoms with Gasteiger partial charge < -0.3 is 9.52 Å². The number of fused-ring (bicyclic) bond motifs is 1. The number of aliphatic carboxylic acids is 1. The maximum absolute atomic E-state index is 10.5. The molecule has 2 aromatic rings. The van der Waals surface area contributed by atoms with Crippen molar-refractivity contribution in [2.75, 3.05) is 0 Å². The van der Waals surface area contributed by atoms with Crippen molar-refractivity contribution in [2.24, 2.45) is 0 Å². The van der Waals surface area contributed by atoms with Gasteiger partial charge in [0.05, 0.1) is 5.03 Å². The number of aryl methyl sites for hydroxylation is 1. The van der Waals surface area contributed by atoms with E-state index < -0.39 is 5.97 Å². The Kier molecular flexibility index (Phi) is 5.23. The van der Waals surface area contributed by atoms with Crippen molar-refractivity contribution in [2.45, 2.75) is 26.2 Å². The summed E-state index contributed by atoms with van der Waals surface area (Å²) in [5.41, 5.74) is 1.66. The number of carboxylic acid groups (broad SMARTS) is 1. The van der Waals surface area contributed by atoms with Crippen LogP contribution in [0.15, 0.2) is 46.9 Å². The van der Waals surface area contributed by atoms with Crippen LogP contribution in [0.3, 0.4) is 0 Å². The first-order chi connectivity index (χ1) is 10.1. The zero-order chi connectivity index (χ0) is 15.2. The zero-order valence-corrected chi connectivity index (χ0v) is 12.6. The summed E-state index contributed by atoms with van der Waals surface area (Å²) in [4.78, 5) is 10.5. The van der Waals surface area contributed by atoms with Gasteiger partial charge in [0, 0.05) is 23.4 Å². The molecular weight excluding hydrogens is 288 g/mol. The molecule has 1 heterocycles. The summed E-state index contributed by atoms with van der Waals surface area (Å²) in [7, 11) is 0. The molecule has 1 aromatic heterocycles. The number of furan rings is 1. The second kappa shape index (κ2) is 7.14. The topological polar surface area (TPSA) is 50.4 Å². The van der Waals surface area contributed by atoms with Gasteiger partial charge in [-0.05, 0) is 18.6 Å². The van der Waals surface area contributed by atoms with Crippen molar-refractivity contribution in [3.8, 4) is 0 Å². The van der Waals surface area contributed by atoms with E-state index in [0.29, 0.717) is 5.03 Å². The molecule has 0 saturated heterocycles. The second-order valence-corrected chi connectivity index (χ2v) is 5.12. The molecule has 4 heteroatoms. The summed E-state index contributed by atoms with van der Waals surface area (Å²) < 4.78 is 5.88. The van der Waals surface area contributed by atoms with Crippen molar-refractivity contribution in [1.29, 1.82) is 0 Å². The van der Waals surface area contributed by atoms with E-state index in [1.165, 1.54) is 6.08 Å². The minimum absolute atomic E-state index is 0.489. The van der Waals surface area contributed by atoms with Crippen LogP contribution >= 0.6 is 11.6 Å². The minimum Gasteiger partial charge on any atom is -0.478 e. The van der Waals surface area contributed by atoms with Crippen molar-refractivity contribution in [3.05, 3.63) is 53.8 Å². The summed E-state index contributed by atoms with van der Waals surface area (Å²) in [5.74, 6) is -0.151. The van der Waals surface area contributed by atoms with E-state index in [2.05, 4.69) is 6.92 Å². The van der Waals surface area contributed by atoms with Crippen LogP contribution < -0.4 is 0 Å². The number of allylic oxidation sites excluding steroid dienone is 2. The third-order valence-corrected chi connectivity index (χ3v) is 3.46. The number of rotatable bonds is 6. The lowest BCUT2D eigenvalue weighted by Crippen LogP contribution is -1.87. The molecule has 0 atom stereocenters. The quantitative estimate of drug-likeness (QED) is 0.604. The summed E-state index contributed by atoms with van der Waals surface area (Å²) >= 11 is 6.35. The van der Waals surface area contributed by atoms with Gasteiger partial charge in [0.25, 0.3) is 0 Å². The highest BCUT2D eigenvalue weighted by molar-refractivity contribution is 6.50. The Morgan fingerprint density at radius 2 is 2.14 bits per heavy atom. The fourth-order valence-electron chi connectivity index (χ4n) is 2.17. The molecule has 0 unspecified atom stereocenters. The van der Waals surface area contributed by atoms with Crippen LogP contribution in [0.4, 0.5) is 0 Å². The number of halogens is 1.